The van der Waals surface area contributed by atoms with E-state index in [0.717, 1.165) is 37.2 Å². The number of halogens is 3. The Morgan fingerprint density at radius 3 is 2.69 bits per heavy atom. The highest BCUT2D eigenvalue weighted by Gasteiger charge is 2.21. The first-order valence-corrected chi connectivity index (χ1v) is 12.9. The van der Waals surface area contributed by atoms with E-state index in [4.69, 9.17) is 0 Å². The SMILES string of the molecule is C[C@H](Nc1ncc(C#N)c(-c2cnc3c(C(F)F)cccn23)n1)c1cccc(NC2CCN(CCF)CC2)c1. The third kappa shape index (κ3) is 5.81. The minimum atomic E-state index is -2.68. The Balaban J connectivity index is 1.33. The van der Waals surface area contributed by atoms with Gasteiger partial charge in [0.15, 0.2) is 0 Å². The first kappa shape index (κ1) is 26.4. The summed E-state index contributed by atoms with van der Waals surface area (Å²) in [4.78, 5) is 15.2. The van der Waals surface area contributed by atoms with E-state index in [1.807, 2.05) is 25.1 Å². The molecule has 4 heterocycles. The lowest BCUT2D eigenvalue weighted by atomic mass is 10.0. The Bertz CT molecular complexity index is 1470. The predicted octanol–water partition coefficient (Wildman–Crippen LogP) is 5.62. The fourth-order valence-corrected chi connectivity index (χ4v) is 4.94. The number of nitriles is 1. The van der Waals surface area contributed by atoms with Crippen LogP contribution in [0.3, 0.4) is 0 Å². The third-order valence-corrected chi connectivity index (χ3v) is 7.04. The largest absolute Gasteiger partial charge is 0.382 e. The first-order chi connectivity index (χ1) is 19.0. The summed E-state index contributed by atoms with van der Waals surface area (Å²) in [5.74, 6) is 0.301. The van der Waals surface area contributed by atoms with Crippen LogP contribution in [0.2, 0.25) is 0 Å². The molecule has 1 atom stereocenters. The van der Waals surface area contributed by atoms with Crippen molar-refractivity contribution in [3.63, 3.8) is 0 Å². The van der Waals surface area contributed by atoms with Crippen LogP contribution in [-0.4, -0.2) is 56.6 Å². The Kier molecular flexibility index (Phi) is 7.93. The standard InChI is InChI=1S/C28H29F3N8/c1-18(19-4-2-5-22(14-19)36-21-7-11-38(12-8-21)13-9-29)35-28-34-16-20(15-32)25(37-28)24-17-33-27-23(26(30)31)6-3-10-39(24)27/h2-6,10,14,16-18,21,26,36H,7-9,11-13H2,1H3,(H,34,35,37)/t18-/m0/s1. The highest BCUT2D eigenvalue weighted by molar-refractivity contribution is 5.68. The molecule has 2 N–H and O–H groups in total. The molecule has 202 valence electrons. The summed E-state index contributed by atoms with van der Waals surface area (Å²) in [7, 11) is 0. The van der Waals surface area contributed by atoms with Crippen LogP contribution in [0, 0.1) is 11.3 Å². The molecule has 0 unspecified atom stereocenters. The van der Waals surface area contributed by atoms with Crippen molar-refractivity contribution < 1.29 is 13.2 Å². The van der Waals surface area contributed by atoms with E-state index in [-0.39, 0.29) is 29.5 Å². The fourth-order valence-electron chi connectivity index (χ4n) is 4.94. The summed E-state index contributed by atoms with van der Waals surface area (Å²) in [6.07, 6.45) is 3.72. The number of imidazole rings is 1. The Hall–Kier alpha value is -4.17. The Morgan fingerprint density at radius 1 is 1.13 bits per heavy atom. The van der Waals surface area contributed by atoms with Crippen molar-refractivity contribution in [3.05, 3.63) is 71.7 Å². The number of likely N-dealkylation sites (tertiary alicyclic amines) is 1. The lowest BCUT2D eigenvalue weighted by Crippen LogP contribution is -2.40. The number of rotatable bonds is 9. The summed E-state index contributed by atoms with van der Waals surface area (Å²) in [5, 5.41) is 16.5. The number of benzene rings is 1. The molecule has 4 aromatic rings. The van der Waals surface area contributed by atoms with Gasteiger partial charge in [-0.05, 0) is 49.6 Å². The molecule has 0 radical (unpaired) electrons. The van der Waals surface area contributed by atoms with Crippen LogP contribution in [0.15, 0.2) is 55.0 Å². The van der Waals surface area contributed by atoms with Crippen LogP contribution < -0.4 is 10.6 Å². The topological polar surface area (TPSA) is 94.2 Å². The maximum atomic E-state index is 13.5. The van der Waals surface area contributed by atoms with Crippen LogP contribution in [0.1, 0.15) is 48.9 Å². The van der Waals surface area contributed by atoms with Gasteiger partial charge in [0, 0.05) is 37.6 Å². The molecule has 0 aliphatic carbocycles. The number of fused-ring (bicyclic) bond motifs is 1. The molecular formula is C28H29F3N8. The highest BCUT2D eigenvalue weighted by Crippen LogP contribution is 2.29. The van der Waals surface area contributed by atoms with E-state index in [9.17, 15) is 18.4 Å². The number of alkyl halides is 3. The van der Waals surface area contributed by atoms with Gasteiger partial charge in [0.2, 0.25) is 5.95 Å². The minimum Gasteiger partial charge on any atom is -0.382 e. The van der Waals surface area contributed by atoms with Crippen molar-refractivity contribution in [1.29, 1.82) is 5.26 Å². The van der Waals surface area contributed by atoms with Gasteiger partial charge in [0.25, 0.3) is 6.43 Å². The van der Waals surface area contributed by atoms with E-state index in [1.165, 1.54) is 28.9 Å². The van der Waals surface area contributed by atoms with Crippen LogP contribution in [0.5, 0.6) is 0 Å². The van der Waals surface area contributed by atoms with Crippen molar-refractivity contribution >= 4 is 17.3 Å². The molecule has 0 spiro atoms. The molecule has 39 heavy (non-hydrogen) atoms. The van der Waals surface area contributed by atoms with Gasteiger partial charge < -0.3 is 15.5 Å². The average Bonchev–Trinajstić information content (AvgIpc) is 3.38. The summed E-state index contributed by atoms with van der Waals surface area (Å²) in [6.45, 7) is 3.94. The number of hydrogen-bond acceptors (Lipinski definition) is 7. The summed E-state index contributed by atoms with van der Waals surface area (Å²) >= 11 is 0. The van der Waals surface area contributed by atoms with E-state index < -0.39 is 6.43 Å². The van der Waals surface area contributed by atoms with Gasteiger partial charge in [-0.25, -0.2) is 28.1 Å². The van der Waals surface area contributed by atoms with Crippen LogP contribution >= 0.6 is 0 Å². The van der Waals surface area contributed by atoms with Crippen LogP contribution in [-0.2, 0) is 0 Å². The van der Waals surface area contributed by atoms with Gasteiger partial charge >= 0.3 is 0 Å². The third-order valence-electron chi connectivity index (χ3n) is 7.04. The van der Waals surface area contributed by atoms with Gasteiger partial charge in [-0.15, -0.1) is 0 Å². The van der Waals surface area contributed by atoms with Crippen molar-refractivity contribution in [2.45, 2.75) is 38.3 Å². The fraction of sp³-hybridized carbons (Fsp3) is 0.357. The lowest BCUT2D eigenvalue weighted by molar-refractivity contribution is 0.152. The van der Waals surface area contributed by atoms with Gasteiger partial charge in [0.05, 0.1) is 35.3 Å². The Morgan fingerprint density at radius 2 is 1.95 bits per heavy atom. The molecule has 1 fully saturated rings. The Labute approximate surface area is 224 Å². The van der Waals surface area contributed by atoms with E-state index >= 15 is 0 Å². The van der Waals surface area contributed by atoms with Gasteiger partial charge in [0.1, 0.15) is 24.1 Å². The highest BCUT2D eigenvalue weighted by atomic mass is 19.3. The quantitative estimate of drug-likeness (QED) is 0.288. The van der Waals surface area contributed by atoms with E-state index in [1.54, 1.807) is 6.20 Å². The molecule has 1 aliphatic heterocycles. The number of nitrogens with one attached hydrogen (secondary N) is 2. The van der Waals surface area contributed by atoms with Crippen molar-refractivity contribution in [3.8, 4) is 17.5 Å². The number of piperidine rings is 1. The number of nitrogens with zero attached hydrogens (tertiary/aromatic N) is 6. The van der Waals surface area contributed by atoms with Crippen molar-refractivity contribution in [2.75, 3.05) is 36.9 Å². The molecule has 11 heteroatoms. The molecule has 5 rings (SSSR count). The second-order valence-corrected chi connectivity index (χ2v) is 9.61. The molecule has 0 amide bonds. The monoisotopic (exact) mass is 534 g/mol. The molecule has 1 saturated heterocycles. The summed E-state index contributed by atoms with van der Waals surface area (Å²) < 4.78 is 41.1. The van der Waals surface area contributed by atoms with Gasteiger partial charge in [-0.3, -0.25) is 4.40 Å². The molecule has 0 saturated carbocycles. The van der Waals surface area contributed by atoms with Gasteiger partial charge in [-0.2, -0.15) is 5.26 Å². The van der Waals surface area contributed by atoms with Gasteiger partial charge in [-0.1, -0.05) is 12.1 Å². The van der Waals surface area contributed by atoms with Crippen molar-refractivity contribution in [2.24, 2.45) is 0 Å². The zero-order valence-electron chi connectivity index (χ0n) is 21.5. The average molecular weight is 535 g/mol. The zero-order chi connectivity index (χ0) is 27.4. The van der Waals surface area contributed by atoms with Crippen LogP contribution in [0.4, 0.5) is 24.8 Å². The maximum absolute atomic E-state index is 13.5. The smallest absolute Gasteiger partial charge is 0.267 e. The molecule has 0 bridgehead atoms. The molecule has 1 aromatic carbocycles. The molecule has 1 aliphatic rings. The minimum absolute atomic E-state index is 0.116. The first-order valence-electron chi connectivity index (χ1n) is 12.9. The zero-order valence-corrected chi connectivity index (χ0v) is 21.5. The number of hydrogen-bond donors (Lipinski definition) is 2. The number of pyridine rings is 1. The second kappa shape index (κ2) is 11.7. The lowest BCUT2D eigenvalue weighted by Gasteiger charge is -2.32. The maximum Gasteiger partial charge on any atom is 0.267 e. The molecule has 8 nitrogen and oxygen atoms in total. The van der Waals surface area contributed by atoms with E-state index in [2.05, 4.69) is 42.6 Å². The number of anilines is 2. The normalized spacial score (nSPS) is 15.4. The molecular weight excluding hydrogens is 505 g/mol. The van der Waals surface area contributed by atoms with E-state index in [0.29, 0.717) is 29.9 Å². The van der Waals surface area contributed by atoms with Crippen molar-refractivity contribution in [1.82, 2.24) is 24.3 Å². The predicted molar refractivity (Wildman–Crippen MR) is 143 cm³/mol. The summed E-state index contributed by atoms with van der Waals surface area (Å²) in [6, 6.07) is 13.2. The summed E-state index contributed by atoms with van der Waals surface area (Å²) in [5.41, 5.74) is 2.88. The van der Waals surface area contributed by atoms with Crippen LogP contribution in [0.25, 0.3) is 17.0 Å². The second-order valence-electron chi connectivity index (χ2n) is 9.61. The number of aromatic nitrogens is 4. The molecule has 3 aromatic heterocycles.